The minimum absolute atomic E-state index is 0.310. The topological polar surface area (TPSA) is 87.3 Å². The van der Waals surface area contributed by atoms with Gasteiger partial charge in [-0.25, -0.2) is 0 Å². The number of hydrogen-bond acceptors (Lipinski definition) is 6. The molecule has 1 atom stereocenters. The molecule has 0 spiro atoms. The Morgan fingerprint density at radius 1 is 1.44 bits per heavy atom. The van der Waals surface area contributed by atoms with E-state index in [0.717, 1.165) is 12.2 Å². The monoisotopic (exact) mass is 251 g/mol. The summed E-state index contributed by atoms with van der Waals surface area (Å²) >= 11 is 0. The highest BCUT2D eigenvalue weighted by molar-refractivity contribution is 5.44. The van der Waals surface area contributed by atoms with Crippen LogP contribution in [-0.4, -0.2) is 23.9 Å². The first-order chi connectivity index (χ1) is 8.56. The standard InChI is InChI=1S/C12H17N3O3/c1-4-8-5-6-9(17-8)10-14-11(15-18-10)12(2,13)7-16-3/h5-6H,4,7,13H2,1-3H3. The Hall–Kier alpha value is -1.66. The van der Waals surface area contributed by atoms with Crippen LogP contribution < -0.4 is 5.73 Å². The molecule has 2 aromatic heterocycles. The predicted octanol–water partition coefficient (Wildman–Crippen LogP) is 1.71. The smallest absolute Gasteiger partial charge is 0.293 e. The van der Waals surface area contributed by atoms with Crippen LogP contribution in [0.15, 0.2) is 21.1 Å². The molecule has 0 aromatic carbocycles. The first-order valence-electron chi connectivity index (χ1n) is 5.78. The number of ether oxygens (including phenoxy) is 1. The molecule has 2 N–H and O–H groups in total. The number of rotatable bonds is 5. The summed E-state index contributed by atoms with van der Waals surface area (Å²) in [5.41, 5.74) is 5.25. The van der Waals surface area contributed by atoms with Crippen LogP contribution >= 0.6 is 0 Å². The van der Waals surface area contributed by atoms with Crippen LogP contribution in [0.1, 0.15) is 25.4 Å². The van der Waals surface area contributed by atoms with Gasteiger partial charge in [0.25, 0.3) is 5.89 Å². The number of aryl methyl sites for hydroxylation is 1. The van der Waals surface area contributed by atoms with Gasteiger partial charge in [-0.1, -0.05) is 12.1 Å². The maximum absolute atomic E-state index is 6.03. The van der Waals surface area contributed by atoms with Crippen LogP contribution in [0, 0.1) is 0 Å². The van der Waals surface area contributed by atoms with Crippen molar-refractivity contribution in [3.8, 4) is 11.7 Å². The summed E-state index contributed by atoms with van der Waals surface area (Å²) in [6.07, 6.45) is 0.819. The molecule has 0 aliphatic rings. The van der Waals surface area contributed by atoms with Crippen molar-refractivity contribution in [3.05, 3.63) is 23.7 Å². The summed E-state index contributed by atoms with van der Waals surface area (Å²) in [5.74, 6) is 2.15. The fourth-order valence-electron chi connectivity index (χ4n) is 1.60. The van der Waals surface area contributed by atoms with Gasteiger partial charge in [0.15, 0.2) is 11.6 Å². The lowest BCUT2D eigenvalue weighted by molar-refractivity contribution is 0.135. The largest absolute Gasteiger partial charge is 0.456 e. The van der Waals surface area contributed by atoms with E-state index >= 15 is 0 Å². The van der Waals surface area contributed by atoms with Crippen molar-refractivity contribution >= 4 is 0 Å². The average Bonchev–Trinajstić information content (AvgIpc) is 2.98. The van der Waals surface area contributed by atoms with E-state index in [2.05, 4.69) is 10.1 Å². The molecular weight excluding hydrogens is 234 g/mol. The van der Waals surface area contributed by atoms with Gasteiger partial charge in [-0.2, -0.15) is 4.98 Å². The maximum atomic E-state index is 6.03. The Bertz CT molecular complexity index is 516. The van der Waals surface area contributed by atoms with Crippen molar-refractivity contribution in [1.82, 2.24) is 10.1 Å². The molecule has 0 aliphatic heterocycles. The van der Waals surface area contributed by atoms with Crippen molar-refractivity contribution in [2.24, 2.45) is 5.73 Å². The fraction of sp³-hybridized carbons (Fsp3) is 0.500. The molecule has 0 fully saturated rings. The SMILES string of the molecule is CCc1ccc(-c2nc(C(C)(N)COC)no2)o1. The molecule has 0 saturated carbocycles. The van der Waals surface area contributed by atoms with Gasteiger partial charge in [0, 0.05) is 13.5 Å². The molecule has 0 radical (unpaired) electrons. The molecule has 0 aliphatic carbocycles. The molecule has 18 heavy (non-hydrogen) atoms. The molecule has 6 nitrogen and oxygen atoms in total. The molecule has 98 valence electrons. The molecule has 2 heterocycles. The van der Waals surface area contributed by atoms with Gasteiger partial charge in [0.05, 0.1) is 6.61 Å². The first kappa shape index (κ1) is 12.8. The van der Waals surface area contributed by atoms with E-state index in [1.807, 2.05) is 13.0 Å². The zero-order chi connectivity index (χ0) is 13.2. The lowest BCUT2D eigenvalue weighted by atomic mass is 10.1. The van der Waals surface area contributed by atoms with Crippen LogP contribution in [0.25, 0.3) is 11.7 Å². The van der Waals surface area contributed by atoms with Crippen molar-refractivity contribution in [3.63, 3.8) is 0 Å². The summed E-state index contributed by atoms with van der Waals surface area (Å²) in [6, 6.07) is 3.69. The number of furan rings is 1. The Morgan fingerprint density at radius 2 is 2.22 bits per heavy atom. The number of nitrogens with two attached hydrogens (primary N) is 1. The Kier molecular flexibility index (Phi) is 3.49. The molecule has 0 saturated heterocycles. The Balaban J connectivity index is 2.24. The highest BCUT2D eigenvalue weighted by Gasteiger charge is 2.28. The maximum Gasteiger partial charge on any atom is 0.293 e. The van der Waals surface area contributed by atoms with Gasteiger partial charge in [-0.3, -0.25) is 0 Å². The number of aromatic nitrogens is 2. The van der Waals surface area contributed by atoms with E-state index in [-0.39, 0.29) is 0 Å². The van der Waals surface area contributed by atoms with E-state index < -0.39 is 5.54 Å². The second-order valence-electron chi connectivity index (χ2n) is 4.39. The van der Waals surface area contributed by atoms with Crippen LogP contribution in [-0.2, 0) is 16.7 Å². The summed E-state index contributed by atoms with van der Waals surface area (Å²) in [5, 5.41) is 3.87. The van der Waals surface area contributed by atoms with Gasteiger partial charge in [-0.05, 0) is 19.1 Å². The average molecular weight is 251 g/mol. The van der Waals surface area contributed by atoms with Gasteiger partial charge >= 0.3 is 0 Å². The van der Waals surface area contributed by atoms with E-state index in [9.17, 15) is 0 Å². The number of nitrogens with zero attached hydrogens (tertiary/aromatic N) is 2. The molecule has 2 aromatic rings. The molecule has 0 bridgehead atoms. The van der Waals surface area contributed by atoms with Gasteiger partial charge in [0.2, 0.25) is 0 Å². The molecule has 0 amide bonds. The third kappa shape index (κ3) is 2.44. The molecule has 2 rings (SSSR count). The second kappa shape index (κ2) is 4.91. The van der Waals surface area contributed by atoms with Crippen molar-refractivity contribution < 1.29 is 13.7 Å². The van der Waals surface area contributed by atoms with Crippen LogP contribution in [0.2, 0.25) is 0 Å². The number of hydrogen-bond donors (Lipinski definition) is 1. The molecule has 1 unspecified atom stereocenters. The third-order valence-electron chi connectivity index (χ3n) is 2.60. The van der Waals surface area contributed by atoms with E-state index in [1.54, 1.807) is 20.1 Å². The summed E-state index contributed by atoms with van der Waals surface area (Å²) < 4.78 is 15.7. The van der Waals surface area contributed by atoms with Gasteiger partial charge in [-0.15, -0.1) is 0 Å². The highest BCUT2D eigenvalue weighted by atomic mass is 16.5. The van der Waals surface area contributed by atoms with Crippen molar-refractivity contribution in [2.75, 3.05) is 13.7 Å². The van der Waals surface area contributed by atoms with E-state index in [1.165, 1.54) is 0 Å². The third-order valence-corrected chi connectivity index (χ3v) is 2.60. The molecule has 6 heteroatoms. The summed E-state index contributed by atoms with van der Waals surface area (Å²) in [4.78, 5) is 4.24. The second-order valence-corrected chi connectivity index (χ2v) is 4.39. The fourth-order valence-corrected chi connectivity index (χ4v) is 1.60. The normalized spacial score (nSPS) is 14.7. The zero-order valence-corrected chi connectivity index (χ0v) is 10.8. The lowest BCUT2D eigenvalue weighted by Crippen LogP contribution is -2.38. The first-order valence-corrected chi connectivity index (χ1v) is 5.78. The van der Waals surface area contributed by atoms with Crippen LogP contribution in [0.3, 0.4) is 0 Å². The van der Waals surface area contributed by atoms with E-state index in [0.29, 0.717) is 24.1 Å². The highest BCUT2D eigenvalue weighted by Crippen LogP contribution is 2.23. The van der Waals surface area contributed by atoms with Crippen LogP contribution in [0.4, 0.5) is 0 Å². The van der Waals surface area contributed by atoms with Crippen LogP contribution in [0.5, 0.6) is 0 Å². The van der Waals surface area contributed by atoms with E-state index in [4.69, 9.17) is 19.4 Å². The zero-order valence-electron chi connectivity index (χ0n) is 10.8. The van der Waals surface area contributed by atoms with Crippen molar-refractivity contribution in [2.45, 2.75) is 25.8 Å². The lowest BCUT2D eigenvalue weighted by Gasteiger charge is -2.18. The van der Waals surface area contributed by atoms with Crippen molar-refractivity contribution in [1.29, 1.82) is 0 Å². The van der Waals surface area contributed by atoms with Gasteiger partial charge in [0.1, 0.15) is 11.3 Å². The minimum Gasteiger partial charge on any atom is -0.456 e. The Labute approximate surface area is 105 Å². The number of methoxy groups -OCH3 is 1. The van der Waals surface area contributed by atoms with Gasteiger partial charge < -0.3 is 19.4 Å². The molecular formula is C12H17N3O3. The minimum atomic E-state index is -0.781. The predicted molar refractivity (Wildman–Crippen MR) is 64.8 cm³/mol. The summed E-state index contributed by atoms with van der Waals surface area (Å²) in [7, 11) is 1.58. The summed E-state index contributed by atoms with van der Waals surface area (Å²) in [6.45, 7) is 4.10. The Morgan fingerprint density at radius 3 is 2.83 bits per heavy atom. The quantitative estimate of drug-likeness (QED) is 0.870.